The van der Waals surface area contributed by atoms with E-state index in [0.717, 1.165) is 30.9 Å². The first kappa shape index (κ1) is 12.9. The van der Waals surface area contributed by atoms with Gasteiger partial charge < -0.3 is 4.90 Å². The molecule has 0 atom stereocenters. The summed E-state index contributed by atoms with van der Waals surface area (Å²) in [7, 11) is 0. The lowest BCUT2D eigenvalue weighted by molar-refractivity contribution is 0.713. The number of nitrogens with zero attached hydrogens (tertiary/aromatic N) is 3. The molecule has 2 aromatic rings. The van der Waals surface area contributed by atoms with Crippen molar-refractivity contribution in [1.82, 2.24) is 9.97 Å². The van der Waals surface area contributed by atoms with Gasteiger partial charge in [-0.05, 0) is 29.3 Å². The van der Waals surface area contributed by atoms with E-state index in [1.807, 2.05) is 11.3 Å². The number of halogens is 1. The second-order valence-corrected chi connectivity index (χ2v) is 6.46. The van der Waals surface area contributed by atoms with Crippen LogP contribution < -0.4 is 4.90 Å². The molecular formula is C14H16ClN3S. The van der Waals surface area contributed by atoms with Crippen LogP contribution in [0.4, 0.5) is 5.82 Å². The first-order chi connectivity index (χ1) is 9.16. The minimum absolute atomic E-state index is 0.326. The fourth-order valence-electron chi connectivity index (χ4n) is 2.54. The molecule has 0 bridgehead atoms. The van der Waals surface area contributed by atoms with Crippen LogP contribution in [0, 0.1) is 0 Å². The number of rotatable bonds is 2. The maximum atomic E-state index is 6.25. The lowest BCUT2D eigenvalue weighted by atomic mass is 10.0. The van der Waals surface area contributed by atoms with E-state index in [2.05, 4.69) is 40.2 Å². The van der Waals surface area contributed by atoms with Crippen LogP contribution in [0.25, 0.3) is 0 Å². The molecule has 0 aromatic carbocycles. The second-order valence-electron chi connectivity index (χ2n) is 5.10. The van der Waals surface area contributed by atoms with Crippen molar-refractivity contribution >= 4 is 28.8 Å². The molecule has 0 aliphatic carbocycles. The number of hydrogen-bond acceptors (Lipinski definition) is 4. The van der Waals surface area contributed by atoms with Gasteiger partial charge >= 0.3 is 0 Å². The van der Waals surface area contributed by atoms with Crippen molar-refractivity contribution in [1.29, 1.82) is 0 Å². The van der Waals surface area contributed by atoms with Crippen molar-refractivity contribution < 1.29 is 0 Å². The summed E-state index contributed by atoms with van der Waals surface area (Å²) in [6.07, 6.45) is 2.65. The molecule has 0 saturated heterocycles. The topological polar surface area (TPSA) is 29.0 Å². The first-order valence-corrected chi connectivity index (χ1v) is 7.73. The average Bonchev–Trinajstić information content (AvgIpc) is 2.85. The molecular weight excluding hydrogens is 278 g/mol. The largest absolute Gasteiger partial charge is 0.352 e. The van der Waals surface area contributed by atoms with Gasteiger partial charge in [0.15, 0.2) is 0 Å². The maximum absolute atomic E-state index is 6.25. The smallest absolute Gasteiger partial charge is 0.138 e. The summed E-state index contributed by atoms with van der Waals surface area (Å²) in [5, 5.41) is 2.75. The Labute approximate surface area is 122 Å². The molecule has 0 radical (unpaired) electrons. The molecule has 3 nitrogen and oxygen atoms in total. The highest BCUT2D eigenvalue weighted by Gasteiger charge is 2.23. The van der Waals surface area contributed by atoms with E-state index in [-0.39, 0.29) is 0 Å². The van der Waals surface area contributed by atoms with Gasteiger partial charge in [0.25, 0.3) is 0 Å². The van der Waals surface area contributed by atoms with Gasteiger partial charge in [0.2, 0.25) is 0 Å². The van der Waals surface area contributed by atoms with E-state index >= 15 is 0 Å². The molecule has 0 N–H and O–H groups in total. The quantitative estimate of drug-likeness (QED) is 0.787. The second kappa shape index (κ2) is 5.10. The molecule has 0 saturated carbocycles. The Morgan fingerprint density at radius 2 is 2.21 bits per heavy atom. The van der Waals surface area contributed by atoms with Gasteiger partial charge in [-0.2, -0.15) is 0 Å². The Bertz CT molecular complexity index is 594. The van der Waals surface area contributed by atoms with Crippen LogP contribution >= 0.6 is 22.9 Å². The number of aromatic nitrogens is 2. The SMILES string of the molecule is CC(C)c1c(Cl)ncnc1N1CCc2sccc2C1. The first-order valence-electron chi connectivity index (χ1n) is 6.47. The third kappa shape index (κ3) is 2.35. The summed E-state index contributed by atoms with van der Waals surface area (Å²) in [5.41, 5.74) is 2.48. The molecule has 0 unspecified atom stereocenters. The third-order valence-electron chi connectivity index (χ3n) is 3.50. The van der Waals surface area contributed by atoms with Crippen molar-refractivity contribution in [2.24, 2.45) is 0 Å². The Hall–Kier alpha value is -1.13. The molecule has 19 heavy (non-hydrogen) atoms. The highest BCUT2D eigenvalue weighted by molar-refractivity contribution is 7.10. The van der Waals surface area contributed by atoms with Crippen molar-refractivity contribution in [3.8, 4) is 0 Å². The van der Waals surface area contributed by atoms with Crippen LogP contribution in [-0.2, 0) is 13.0 Å². The fourth-order valence-corrected chi connectivity index (χ4v) is 3.78. The van der Waals surface area contributed by atoms with E-state index in [4.69, 9.17) is 11.6 Å². The molecule has 3 rings (SSSR count). The van der Waals surface area contributed by atoms with Gasteiger partial charge in [0, 0.05) is 23.5 Å². The predicted molar refractivity (Wildman–Crippen MR) is 80.2 cm³/mol. The molecule has 0 amide bonds. The summed E-state index contributed by atoms with van der Waals surface area (Å²) in [6, 6.07) is 2.21. The van der Waals surface area contributed by atoms with Gasteiger partial charge in [-0.25, -0.2) is 9.97 Å². The van der Waals surface area contributed by atoms with Crippen LogP contribution in [0.5, 0.6) is 0 Å². The molecule has 3 heterocycles. The predicted octanol–water partition coefficient (Wildman–Crippen LogP) is 3.88. The molecule has 5 heteroatoms. The van der Waals surface area contributed by atoms with Gasteiger partial charge in [0.1, 0.15) is 17.3 Å². The monoisotopic (exact) mass is 293 g/mol. The minimum Gasteiger partial charge on any atom is -0.352 e. The molecule has 100 valence electrons. The average molecular weight is 294 g/mol. The zero-order valence-corrected chi connectivity index (χ0v) is 12.6. The normalized spacial score (nSPS) is 14.8. The number of hydrogen-bond donors (Lipinski definition) is 0. The van der Waals surface area contributed by atoms with Gasteiger partial charge in [0.05, 0.1) is 0 Å². The summed E-state index contributed by atoms with van der Waals surface area (Å²) < 4.78 is 0. The van der Waals surface area contributed by atoms with Crippen molar-refractivity contribution in [2.45, 2.75) is 32.7 Å². The standard InChI is InChI=1S/C14H16ClN3S/c1-9(2)12-13(15)16-8-17-14(12)18-5-3-11-10(7-18)4-6-19-11/h4,6,8-9H,3,5,7H2,1-2H3. The number of thiophene rings is 1. The Balaban J connectivity index is 1.98. The van der Waals surface area contributed by atoms with E-state index in [1.54, 1.807) is 6.33 Å². The van der Waals surface area contributed by atoms with Crippen LogP contribution in [0.1, 0.15) is 35.8 Å². The van der Waals surface area contributed by atoms with Gasteiger partial charge in [-0.1, -0.05) is 25.4 Å². The van der Waals surface area contributed by atoms with E-state index in [0.29, 0.717) is 11.1 Å². The van der Waals surface area contributed by atoms with E-state index in [9.17, 15) is 0 Å². The zero-order chi connectivity index (χ0) is 13.4. The summed E-state index contributed by atoms with van der Waals surface area (Å²) in [6.45, 7) is 6.19. The molecule has 0 fully saturated rings. The van der Waals surface area contributed by atoms with Crippen molar-refractivity contribution in [3.05, 3.63) is 38.9 Å². The van der Waals surface area contributed by atoms with E-state index in [1.165, 1.54) is 10.4 Å². The van der Waals surface area contributed by atoms with Gasteiger partial charge in [-0.15, -0.1) is 11.3 Å². The third-order valence-corrected chi connectivity index (χ3v) is 4.82. The summed E-state index contributed by atoms with van der Waals surface area (Å²) in [4.78, 5) is 12.4. The highest BCUT2D eigenvalue weighted by Crippen LogP contribution is 2.34. The minimum atomic E-state index is 0.326. The van der Waals surface area contributed by atoms with Crippen LogP contribution in [0.3, 0.4) is 0 Å². The summed E-state index contributed by atoms with van der Waals surface area (Å²) in [5.74, 6) is 1.32. The lowest BCUT2D eigenvalue weighted by Gasteiger charge is -2.30. The number of fused-ring (bicyclic) bond motifs is 1. The Kier molecular flexibility index (Phi) is 3.46. The highest BCUT2D eigenvalue weighted by atomic mass is 35.5. The number of anilines is 1. The fraction of sp³-hybridized carbons (Fsp3) is 0.429. The van der Waals surface area contributed by atoms with Crippen LogP contribution in [-0.4, -0.2) is 16.5 Å². The molecule has 1 aliphatic rings. The van der Waals surface area contributed by atoms with Gasteiger partial charge in [-0.3, -0.25) is 0 Å². The van der Waals surface area contributed by atoms with Crippen LogP contribution in [0.15, 0.2) is 17.8 Å². The van der Waals surface area contributed by atoms with Crippen molar-refractivity contribution in [3.63, 3.8) is 0 Å². The lowest BCUT2D eigenvalue weighted by Crippen LogP contribution is -2.31. The van der Waals surface area contributed by atoms with Crippen molar-refractivity contribution in [2.75, 3.05) is 11.4 Å². The zero-order valence-electron chi connectivity index (χ0n) is 11.1. The Morgan fingerprint density at radius 1 is 1.37 bits per heavy atom. The molecule has 0 spiro atoms. The van der Waals surface area contributed by atoms with Crippen LogP contribution in [0.2, 0.25) is 5.15 Å². The molecule has 2 aromatic heterocycles. The summed E-state index contributed by atoms with van der Waals surface area (Å²) >= 11 is 8.10. The molecule has 1 aliphatic heterocycles. The van der Waals surface area contributed by atoms with E-state index < -0.39 is 0 Å². The Morgan fingerprint density at radius 3 is 3.00 bits per heavy atom. The maximum Gasteiger partial charge on any atom is 0.138 e.